The number of nitrogens with zero attached hydrogens (tertiary/aromatic N) is 1. The van der Waals surface area contributed by atoms with E-state index in [2.05, 4.69) is 5.32 Å². The van der Waals surface area contributed by atoms with E-state index < -0.39 is 12.5 Å². The van der Waals surface area contributed by atoms with Gasteiger partial charge in [0, 0.05) is 13.1 Å². The van der Waals surface area contributed by atoms with Crippen LogP contribution in [0.1, 0.15) is 0 Å². The first-order valence-corrected chi connectivity index (χ1v) is 6.02. The monoisotopic (exact) mass is 252 g/mol. The van der Waals surface area contributed by atoms with Gasteiger partial charge < -0.3 is 24.6 Å². The number of para-hydroxylation sites is 1. The van der Waals surface area contributed by atoms with Gasteiger partial charge in [0.15, 0.2) is 17.7 Å². The average Bonchev–Trinajstić information content (AvgIpc) is 2.41. The Labute approximate surface area is 105 Å². The predicted octanol–water partition coefficient (Wildman–Crippen LogP) is -0.496. The minimum atomic E-state index is -0.990. The first-order valence-electron chi connectivity index (χ1n) is 6.02. The molecule has 2 unspecified atom stereocenters. The fourth-order valence-electron chi connectivity index (χ4n) is 2.29. The molecule has 3 rings (SSSR count). The number of hydrogen-bond acceptors (Lipinski definition) is 6. The van der Waals surface area contributed by atoms with Crippen LogP contribution >= 0.6 is 0 Å². The zero-order chi connectivity index (χ0) is 12.5. The smallest absolute Gasteiger partial charge is 0.184 e. The van der Waals surface area contributed by atoms with E-state index in [4.69, 9.17) is 9.47 Å². The molecule has 6 heteroatoms. The van der Waals surface area contributed by atoms with Crippen molar-refractivity contribution in [1.82, 2.24) is 5.32 Å². The molecular formula is C12H16N2O4. The van der Waals surface area contributed by atoms with Crippen LogP contribution in [0.5, 0.6) is 11.5 Å². The van der Waals surface area contributed by atoms with Crippen LogP contribution in [0.4, 0.5) is 5.69 Å². The van der Waals surface area contributed by atoms with E-state index in [9.17, 15) is 10.2 Å². The lowest BCUT2D eigenvalue weighted by molar-refractivity contribution is -0.0165. The maximum Gasteiger partial charge on any atom is 0.184 e. The molecule has 1 aromatic rings. The van der Waals surface area contributed by atoms with Crippen molar-refractivity contribution in [3.63, 3.8) is 0 Å². The molecule has 3 N–H and O–H groups in total. The van der Waals surface area contributed by atoms with Crippen molar-refractivity contribution in [2.24, 2.45) is 0 Å². The SMILES string of the molecule is OC1NCCN(c2cccc3c2OCCO3)C1O. The number of benzene rings is 1. The highest BCUT2D eigenvalue weighted by Crippen LogP contribution is 2.40. The van der Waals surface area contributed by atoms with Crippen LogP contribution in [0.25, 0.3) is 0 Å². The second kappa shape index (κ2) is 4.64. The van der Waals surface area contributed by atoms with Crippen LogP contribution in [0.15, 0.2) is 18.2 Å². The number of aliphatic hydroxyl groups excluding tert-OH is 2. The Morgan fingerprint density at radius 3 is 2.94 bits per heavy atom. The molecule has 1 saturated heterocycles. The molecule has 98 valence electrons. The summed E-state index contributed by atoms with van der Waals surface area (Å²) in [5.74, 6) is 1.32. The summed E-state index contributed by atoms with van der Waals surface area (Å²) in [5, 5.41) is 22.5. The second-order valence-corrected chi connectivity index (χ2v) is 4.31. The van der Waals surface area contributed by atoms with Crippen molar-refractivity contribution >= 4 is 5.69 Å². The van der Waals surface area contributed by atoms with Gasteiger partial charge in [0.05, 0.1) is 5.69 Å². The zero-order valence-corrected chi connectivity index (χ0v) is 9.87. The maximum absolute atomic E-state index is 10.0. The van der Waals surface area contributed by atoms with Crippen LogP contribution in [0.2, 0.25) is 0 Å². The summed E-state index contributed by atoms with van der Waals surface area (Å²) in [6.07, 6.45) is -1.95. The van der Waals surface area contributed by atoms with Crippen molar-refractivity contribution in [1.29, 1.82) is 0 Å². The van der Waals surface area contributed by atoms with Gasteiger partial charge in [-0.2, -0.15) is 0 Å². The zero-order valence-electron chi connectivity index (χ0n) is 9.87. The molecule has 0 spiro atoms. The molecule has 0 aliphatic carbocycles. The lowest BCUT2D eigenvalue weighted by Crippen LogP contribution is -2.58. The number of rotatable bonds is 1. The highest BCUT2D eigenvalue weighted by atomic mass is 16.6. The number of nitrogens with one attached hydrogen (secondary N) is 1. The molecule has 0 bridgehead atoms. The van der Waals surface area contributed by atoms with E-state index >= 15 is 0 Å². The molecular weight excluding hydrogens is 236 g/mol. The maximum atomic E-state index is 10.0. The molecule has 2 aliphatic rings. The summed E-state index contributed by atoms with van der Waals surface area (Å²) < 4.78 is 11.1. The van der Waals surface area contributed by atoms with Gasteiger partial charge in [-0.25, -0.2) is 0 Å². The molecule has 2 atom stereocenters. The number of fused-ring (bicyclic) bond motifs is 1. The van der Waals surface area contributed by atoms with Crippen molar-refractivity contribution < 1.29 is 19.7 Å². The number of aliphatic hydroxyl groups is 2. The van der Waals surface area contributed by atoms with Gasteiger partial charge in [-0.3, -0.25) is 5.32 Å². The highest BCUT2D eigenvalue weighted by molar-refractivity contribution is 5.65. The van der Waals surface area contributed by atoms with E-state index in [0.717, 1.165) is 5.69 Å². The Morgan fingerprint density at radius 2 is 2.06 bits per heavy atom. The third kappa shape index (κ3) is 1.88. The first kappa shape index (κ1) is 11.6. The van der Waals surface area contributed by atoms with E-state index in [-0.39, 0.29) is 0 Å². The summed E-state index contributed by atoms with van der Waals surface area (Å²) in [4.78, 5) is 1.72. The minimum Gasteiger partial charge on any atom is -0.486 e. The van der Waals surface area contributed by atoms with Gasteiger partial charge in [-0.15, -0.1) is 0 Å². The molecule has 1 aromatic carbocycles. The van der Waals surface area contributed by atoms with Crippen molar-refractivity contribution in [2.75, 3.05) is 31.2 Å². The molecule has 6 nitrogen and oxygen atoms in total. The lowest BCUT2D eigenvalue weighted by atomic mass is 10.2. The molecule has 18 heavy (non-hydrogen) atoms. The van der Waals surface area contributed by atoms with Gasteiger partial charge >= 0.3 is 0 Å². The summed E-state index contributed by atoms with van der Waals surface area (Å²) in [5.41, 5.74) is 0.750. The summed E-state index contributed by atoms with van der Waals surface area (Å²) in [6.45, 7) is 2.22. The van der Waals surface area contributed by atoms with Crippen LogP contribution in [0, 0.1) is 0 Å². The molecule has 0 amide bonds. The van der Waals surface area contributed by atoms with Crippen molar-refractivity contribution in [3.05, 3.63) is 18.2 Å². The third-order valence-electron chi connectivity index (χ3n) is 3.16. The first-order chi connectivity index (χ1) is 8.77. The Kier molecular flexibility index (Phi) is 2.99. The normalized spacial score (nSPS) is 27.1. The fourth-order valence-corrected chi connectivity index (χ4v) is 2.29. The largest absolute Gasteiger partial charge is 0.486 e. The van der Waals surface area contributed by atoms with E-state index in [1.54, 1.807) is 4.90 Å². The minimum absolute atomic E-state index is 0.495. The number of ether oxygens (including phenoxy) is 2. The Balaban J connectivity index is 1.96. The summed E-state index contributed by atoms with van der Waals surface area (Å²) >= 11 is 0. The van der Waals surface area contributed by atoms with Gasteiger partial charge in [-0.1, -0.05) is 6.07 Å². The van der Waals surface area contributed by atoms with E-state index in [0.29, 0.717) is 37.8 Å². The Hall–Kier alpha value is -1.50. The molecule has 2 heterocycles. The standard InChI is InChI=1S/C12H16N2O4/c15-11-12(16)14(5-4-13-11)8-2-1-3-9-10(8)18-7-6-17-9/h1-3,11-13,15-16H,4-7H2. The van der Waals surface area contributed by atoms with Crippen LogP contribution < -0.4 is 19.7 Å². The van der Waals surface area contributed by atoms with Crippen LogP contribution in [-0.2, 0) is 0 Å². The number of piperazine rings is 1. The van der Waals surface area contributed by atoms with Crippen molar-refractivity contribution in [3.8, 4) is 11.5 Å². The van der Waals surface area contributed by atoms with E-state index in [1.165, 1.54) is 0 Å². The van der Waals surface area contributed by atoms with Gasteiger partial charge in [-0.05, 0) is 12.1 Å². The fraction of sp³-hybridized carbons (Fsp3) is 0.500. The Morgan fingerprint density at radius 1 is 1.22 bits per heavy atom. The average molecular weight is 252 g/mol. The van der Waals surface area contributed by atoms with Gasteiger partial charge in [0.1, 0.15) is 19.4 Å². The van der Waals surface area contributed by atoms with Gasteiger partial charge in [0.25, 0.3) is 0 Å². The number of hydrogen-bond donors (Lipinski definition) is 3. The second-order valence-electron chi connectivity index (χ2n) is 4.31. The van der Waals surface area contributed by atoms with Gasteiger partial charge in [0.2, 0.25) is 0 Å². The highest BCUT2D eigenvalue weighted by Gasteiger charge is 2.31. The lowest BCUT2D eigenvalue weighted by Gasteiger charge is -2.39. The van der Waals surface area contributed by atoms with Crippen molar-refractivity contribution in [2.45, 2.75) is 12.5 Å². The predicted molar refractivity (Wildman–Crippen MR) is 64.8 cm³/mol. The Bertz CT molecular complexity index is 440. The summed E-state index contributed by atoms with van der Waals surface area (Å²) in [7, 11) is 0. The molecule has 0 saturated carbocycles. The molecule has 2 aliphatic heterocycles. The molecule has 0 radical (unpaired) electrons. The quantitative estimate of drug-likeness (QED) is 0.626. The third-order valence-corrected chi connectivity index (χ3v) is 3.16. The topological polar surface area (TPSA) is 74.2 Å². The van der Waals surface area contributed by atoms with Crippen LogP contribution in [-0.4, -0.2) is 49.0 Å². The van der Waals surface area contributed by atoms with E-state index in [1.807, 2.05) is 18.2 Å². The number of anilines is 1. The van der Waals surface area contributed by atoms with Crippen LogP contribution in [0.3, 0.4) is 0 Å². The molecule has 0 aromatic heterocycles. The molecule has 1 fully saturated rings. The summed E-state index contributed by atoms with van der Waals surface area (Å²) in [6, 6.07) is 5.54.